The zero-order valence-corrected chi connectivity index (χ0v) is 19.0. The fourth-order valence-electron chi connectivity index (χ4n) is 3.90. The van der Waals surface area contributed by atoms with Gasteiger partial charge in [-0.1, -0.05) is 37.6 Å². The van der Waals surface area contributed by atoms with Crippen molar-refractivity contribution in [3.63, 3.8) is 0 Å². The molecule has 1 aromatic heterocycles. The van der Waals surface area contributed by atoms with Crippen LogP contribution in [0.2, 0.25) is 0 Å². The van der Waals surface area contributed by atoms with Gasteiger partial charge in [-0.2, -0.15) is 0 Å². The molecule has 0 bridgehead atoms. The van der Waals surface area contributed by atoms with Gasteiger partial charge in [0.2, 0.25) is 6.79 Å². The third kappa shape index (κ3) is 4.66. The number of nitrogens with one attached hydrogen (secondary N) is 1. The molecule has 4 aromatic rings. The number of carbonyl (C=O) groups excluding carboxylic acids is 1. The van der Waals surface area contributed by atoms with Gasteiger partial charge in [-0.25, -0.2) is 4.98 Å². The van der Waals surface area contributed by atoms with Crippen molar-refractivity contribution < 1.29 is 19.0 Å². The predicted molar refractivity (Wildman–Crippen MR) is 131 cm³/mol. The van der Waals surface area contributed by atoms with Crippen LogP contribution in [0.15, 0.2) is 72.8 Å². The quantitative estimate of drug-likeness (QED) is 0.344. The molecule has 1 N–H and O–H groups in total. The maximum atomic E-state index is 13.2. The summed E-state index contributed by atoms with van der Waals surface area (Å²) in [5, 5.41) is 3.85. The number of hydrogen-bond acceptors (Lipinski definition) is 5. The fraction of sp³-hybridized carbons (Fsp3) is 0.214. The van der Waals surface area contributed by atoms with Crippen molar-refractivity contribution in [2.75, 3.05) is 13.4 Å². The third-order valence-electron chi connectivity index (χ3n) is 5.77. The van der Waals surface area contributed by atoms with Crippen LogP contribution in [0.25, 0.3) is 22.2 Å². The van der Waals surface area contributed by atoms with Gasteiger partial charge in [0.25, 0.3) is 5.91 Å². The Labute approximate surface area is 198 Å². The Balaban J connectivity index is 1.38. The van der Waals surface area contributed by atoms with Crippen molar-refractivity contribution in [2.24, 2.45) is 0 Å². The number of benzene rings is 3. The number of para-hydroxylation sites is 1. The van der Waals surface area contributed by atoms with Gasteiger partial charge in [0.15, 0.2) is 11.5 Å². The molecule has 1 aliphatic heterocycles. The molecular weight excluding hydrogens is 428 g/mol. The average molecular weight is 455 g/mol. The lowest BCUT2D eigenvalue weighted by atomic mass is 10.0. The number of aromatic nitrogens is 1. The standard InChI is InChI=1S/C28H26N2O4/c1-2-3-14-32-21-11-9-20(10-12-21)25-16-23(22-6-4-5-7-24(22)30-25)28(31)29-17-19-8-13-26-27(15-19)34-18-33-26/h4-13,15-16H,2-3,14,17-18H2,1H3,(H,29,31). The Bertz CT molecular complexity index is 1320. The summed E-state index contributed by atoms with van der Waals surface area (Å²) in [7, 11) is 0. The maximum absolute atomic E-state index is 13.2. The summed E-state index contributed by atoms with van der Waals surface area (Å²) in [6.45, 7) is 3.45. The van der Waals surface area contributed by atoms with Crippen LogP contribution in [0.4, 0.5) is 0 Å². The molecule has 0 radical (unpaired) electrons. The van der Waals surface area contributed by atoms with E-state index in [2.05, 4.69) is 12.2 Å². The highest BCUT2D eigenvalue weighted by Gasteiger charge is 2.16. The number of fused-ring (bicyclic) bond motifs is 2. The summed E-state index contributed by atoms with van der Waals surface area (Å²) < 4.78 is 16.6. The lowest BCUT2D eigenvalue weighted by Crippen LogP contribution is -2.23. The molecule has 0 aliphatic carbocycles. The van der Waals surface area contributed by atoms with Gasteiger partial charge in [0.05, 0.1) is 23.4 Å². The molecule has 0 unspecified atom stereocenters. The second-order valence-corrected chi connectivity index (χ2v) is 8.17. The number of carbonyl (C=O) groups is 1. The summed E-state index contributed by atoms with van der Waals surface area (Å²) in [5.74, 6) is 2.10. The van der Waals surface area contributed by atoms with Crippen molar-refractivity contribution in [2.45, 2.75) is 26.3 Å². The number of nitrogens with zero attached hydrogens (tertiary/aromatic N) is 1. The largest absolute Gasteiger partial charge is 0.494 e. The second-order valence-electron chi connectivity index (χ2n) is 8.17. The Hall–Kier alpha value is -4.06. The number of pyridine rings is 1. The number of unbranched alkanes of at least 4 members (excludes halogenated alkanes) is 1. The van der Waals surface area contributed by atoms with E-state index >= 15 is 0 Å². The molecule has 1 aliphatic rings. The summed E-state index contributed by atoms with van der Waals surface area (Å²) in [5.41, 5.74) is 3.97. The highest BCUT2D eigenvalue weighted by atomic mass is 16.7. The first-order chi connectivity index (χ1) is 16.7. The van der Waals surface area contributed by atoms with Crippen molar-refractivity contribution in [1.29, 1.82) is 0 Å². The van der Waals surface area contributed by atoms with E-state index in [1.54, 1.807) is 0 Å². The Morgan fingerprint density at radius 1 is 1.00 bits per heavy atom. The van der Waals surface area contributed by atoms with Crippen molar-refractivity contribution in [1.82, 2.24) is 10.3 Å². The smallest absolute Gasteiger partial charge is 0.252 e. The molecule has 3 aromatic carbocycles. The molecule has 0 saturated heterocycles. The van der Waals surface area contributed by atoms with Gasteiger partial charge >= 0.3 is 0 Å². The second kappa shape index (κ2) is 9.83. The lowest BCUT2D eigenvalue weighted by Gasteiger charge is -2.12. The van der Waals surface area contributed by atoms with E-state index in [0.717, 1.165) is 52.1 Å². The van der Waals surface area contributed by atoms with Gasteiger partial charge < -0.3 is 19.5 Å². The highest BCUT2D eigenvalue weighted by Crippen LogP contribution is 2.32. The van der Waals surface area contributed by atoms with Crippen LogP contribution >= 0.6 is 0 Å². The maximum Gasteiger partial charge on any atom is 0.252 e. The molecule has 172 valence electrons. The minimum Gasteiger partial charge on any atom is -0.494 e. The minimum atomic E-state index is -0.156. The van der Waals surface area contributed by atoms with Gasteiger partial charge in [0, 0.05) is 17.5 Å². The van der Waals surface area contributed by atoms with Crippen LogP contribution < -0.4 is 19.5 Å². The summed E-state index contributed by atoms with van der Waals surface area (Å²) in [6, 6.07) is 23.1. The Kier molecular flexibility index (Phi) is 6.29. The SMILES string of the molecule is CCCCOc1ccc(-c2cc(C(=O)NCc3ccc4c(c3)OCO4)c3ccccc3n2)cc1. The van der Waals surface area contributed by atoms with Crippen molar-refractivity contribution >= 4 is 16.8 Å². The molecule has 0 fully saturated rings. The molecule has 6 heteroatoms. The molecule has 2 heterocycles. The first-order valence-corrected chi connectivity index (χ1v) is 11.5. The number of ether oxygens (including phenoxy) is 3. The Morgan fingerprint density at radius 2 is 1.82 bits per heavy atom. The topological polar surface area (TPSA) is 69.7 Å². The zero-order valence-electron chi connectivity index (χ0n) is 19.0. The lowest BCUT2D eigenvalue weighted by molar-refractivity contribution is 0.0952. The molecule has 0 atom stereocenters. The first kappa shape index (κ1) is 21.8. The van der Waals surface area contributed by atoms with E-state index < -0.39 is 0 Å². The third-order valence-corrected chi connectivity index (χ3v) is 5.77. The van der Waals surface area contributed by atoms with E-state index in [0.29, 0.717) is 24.5 Å². The van der Waals surface area contributed by atoms with Crippen molar-refractivity contribution in [3.05, 3.63) is 83.9 Å². The zero-order chi connectivity index (χ0) is 23.3. The molecular formula is C28H26N2O4. The molecule has 34 heavy (non-hydrogen) atoms. The van der Waals surface area contributed by atoms with Crippen LogP contribution in [0.5, 0.6) is 17.2 Å². The fourth-order valence-corrected chi connectivity index (χ4v) is 3.90. The molecule has 0 saturated carbocycles. The highest BCUT2D eigenvalue weighted by molar-refractivity contribution is 6.07. The molecule has 0 spiro atoms. The summed E-state index contributed by atoms with van der Waals surface area (Å²) in [4.78, 5) is 18.0. The minimum absolute atomic E-state index is 0.156. The van der Waals surface area contributed by atoms with E-state index in [9.17, 15) is 4.79 Å². The van der Waals surface area contributed by atoms with Crippen LogP contribution in [0, 0.1) is 0 Å². The number of hydrogen-bond donors (Lipinski definition) is 1. The average Bonchev–Trinajstić information content (AvgIpc) is 3.35. The number of rotatable bonds is 8. The molecule has 6 nitrogen and oxygen atoms in total. The van der Waals surface area contributed by atoms with Gasteiger partial charge in [-0.15, -0.1) is 0 Å². The van der Waals surface area contributed by atoms with Crippen LogP contribution in [0.1, 0.15) is 35.7 Å². The molecule has 1 amide bonds. The Morgan fingerprint density at radius 3 is 2.68 bits per heavy atom. The van der Waals surface area contributed by atoms with Crippen LogP contribution in [-0.4, -0.2) is 24.3 Å². The van der Waals surface area contributed by atoms with Crippen molar-refractivity contribution in [3.8, 4) is 28.5 Å². The van der Waals surface area contributed by atoms with Crippen LogP contribution in [0.3, 0.4) is 0 Å². The predicted octanol–water partition coefficient (Wildman–Crippen LogP) is 5.74. The molecule has 5 rings (SSSR count). The van der Waals surface area contributed by atoms with E-state index in [4.69, 9.17) is 19.2 Å². The van der Waals surface area contributed by atoms with E-state index in [1.807, 2.05) is 72.8 Å². The summed E-state index contributed by atoms with van der Waals surface area (Å²) >= 11 is 0. The van der Waals surface area contributed by atoms with Crippen LogP contribution in [-0.2, 0) is 6.54 Å². The van der Waals surface area contributed by atoms with Gasteiger partial charge in [-0.3, -0.25) is 4.79 Å². The first-order valence-electron chi connectivity index (χ1n) is 11.5. The van der Waals surface area contributed by atoms with Gasteiger partial charge in [0.1, 0.15) is 5.75 Å². The summed E-state index contributed by atoms with van der Waals surface area (Å²) in [6.07, 6.45) is 2.12. The number of amides is 1. The normalized spacial score (nSPS) is 12.0. The monoisotopic (exact) mass is 454 g/mol. The van der Waals surface area contributed by atoms with Gasteiger partial charge in [-0.05, 0) is 60.5 Å². The van der Waals surface area contributed by atoms with E-state index in [1.165, 1.54) is 0 Å². The van der Waals surface area contributed by atoms with E-state index in [-0.39, 0.29) is 12.7 Å².